The zero-order valence-electron chi connectivity index (χ0n) is 8.76. The van der Waals surface area contributed by atoms with E-state index in [9.17, 15) is 0 Å². The molecule has 0 aliphatic carbocycles. The lowest BCUT2D eigenvalue weighted by atomic mass is 10.1. The Morgan fingerprint density at radius 1 is 1.47 bits per heavy atom. The summed E-state index contributed by atoms with van der Waals surface area (Å²) in [5.41, 5.74) is 0.928. The molecule has 82 valence electrons. The SMILES string of the molecule is C=CCCC(C)Nc1ccc(Cl)cc1Cl. The van der Waals surface area contributed by atoms with Crippen molar-refractivity contribution in [3.05, 3.63) is 40.9 Å². The van der Waals surface area contributed by atoms with Gasteiger partial charge in [-0.3, -0.25) is 0 Å². The third kappa shape index (κ3) is 4.15. The van der Waals surface area contributed by atoms with Gasteiger partial charge in [-0.15, -0.1) is 6.58 Å². The molecule has 0 aliphatic heterocycles. The fourth-order valence-electron chi connectivity index (χ4n) is 1.31. The first-order chi connectivity index (χ1) is 7.13. The van der Waals surface area contributed by atoms with Gasteiger partial charge in [0.1, 0.15) is 0 Å². The van der Waals surface area contributed by atoms with Gasteiger partial charge >= 0.3 is 0 Å². The first-order valence-corrected chi connectivity index (χ1v) is 5.71. The molecule has 1 unspecified atom stereocenters. The van der Waals surface area contributed by atoms with Crippen LogP contribution in [0.1, 0.15) is 19.8 Å². The van der Waals surface area contributed by atoms with Crippen LogP contribution < -0.4 is 5.32 Å². The Hall–Kier alpha value is -0.660. The highest BCUT2D eigenvalue weighted by atomic mass is 35.5. The number of allylic oxidation sites excluding steroid dienone is 1. The zero-order valence-corrected chi connectivity index (χ0v) is 10.3. The molecule has 0 saturated carbocycles. The van der Waals surface area contributed by atoms with Crippen LogP contribution in [0, 0.1) is 0 Å². The van der Waals surface area contributed by atoms with E-state index in [1.165, 1.54) is 0 Å². The Bertz CT molecular complexity index is 336. The Labute approximate surface area is 101 Å². The first-order valence-electron chi connectivity index (χ1n) is 4.96. The average Bonchev–Trinajstić information content (AvgIpc) is 2.19. The van der Waals surface area contributed by atoms with Gasteiger partial charge in [0.15, 0.2) is 0 Å². The van der Waals surface area contributed by atoms with E-state index >= 15 is 0 Å². The number of hydrogen-bond acceptors (Lipinski definition) is 1. The molecule has 1 aromatic carbocycles. The molecule has 1 atom stereocenters. The summed E-state index contributed by atoms with van der Waals surface area (Å²) in [7, 11) is 0. The fraction of sp³-hybridized carbons (Fsp3) is 0.333. The van der Waals surface area contributed by atoms with Gasteiger partial charge in [0.25, 0.3) is 0 Å². The van der Waals surface area contributed by atoms with Crippen LogP contribution in [0.4, 0.5) is 5.69 Å². The van der Waals surface area contributed by atoms with Crippen molar-refractivity contribution in [3.8, 4) is 0 Å². The molecule has 3 heteroatoms. The predicted octanol–water partition coefficient (Wildman–Crippen LogP) is 4.76. The summed E-state index contributed by atoms with van der Waals surface area (Å²) in [6, 6.07) is 5.85. The highest BCUT2D eigenvalue weighted by Crippen LogP contribution is 2.26. The second kappa shape index (κ2) is 6.04. The molecule has 0 aromatic heterocycles. The normalized spacial score (nSPS) is 12.2. The molecular formula is C12H15Cl2N. The van der Waals surface area contributed by atoms with Crippen LogP contribution in [0.25, 0.3) is 0 Å². The van der Waals surface area contributed by atoms with E-state index in [1.54, 1.807) is 6.07 Å². The molecule has 0 amide bonds. The molecule has 1 N–H and O–H groups in total. The molecule has 15 heavy (non-hydrogen) atoms. The predicted molar refractivity (Wildman–Crippen MR) is 69.0 cm³/mol. The van der Waals surface area contributed by atoms with Gasteiger partial charge in [0.05, 0.1) is 10.7 Å². The minimum absolute atomic E-state index is 0.377. The summed E-state index contributed by atoms with van der Waals surface area (Å²) in [5, 5.41) is 4.65. The molecule has 1 aromatic rings. The second-order valence-corrected chi connectivity index (χ2v) is 4.38. The number of benzene rings is 1. The van der Waals surface area contributed by atoms with Crippen molar-refractivity contribution in [1.82, 2.24) is 0 Å². The molecule has 0 fully saturated rings. The minimum Gasteiger partial charge on any atom is -0.381 e. The van der Waals surface area contributed by atoms with Crippen LogP contribution in [0.15, 0.2) is 30.9 Å². The number of anilines is 1. The summed E-state index contributed by atoms with van der Waals surface area (Å²) in [6.07, 6.45) is 3.96. The molecule has 0 aliphatic rings. The molecule has 0 heterocycles. The Morgan fingerprint density at radius 3 is 2.80 bits per heavy atom. The fourth-order valence-corrected chi connectivity index (χ4v) is 1.78. The van der Waals surface area contributed by atoms with Crippen molar-refractivity contribution >= 4 is 28.9 Å². The number of halogens is 2. The summed E-state index contributed by atoms with van der Waals surface area (Å²) >= 11 is 11.9. The Morgan fingerprint density at radius 2 is 2.20 bits per heavy atom. The first kappa shape index (κ1) is 12.4. The van der Waals surface area contributed by atoms with Crippen molar-refractivity contribution in [3.63, 3.8) is 0 Å². The van der Waals surface area contributed by atoms with Crippen molar-refractivity contribution in [2.45, 2.75) is 25.8 Å². The number of rotatable bonds is 5. The summed E-state index contributed by atoms with van der Waals surface area (Å²) in [6.45, 7) is 5.82. The third-order valence-corrected chi connectivity index (χ3v) is 2.68. The lowest BCUT2D eigenvalue weighted by molar-refractivity contribution is 0.719. The van der Waals surface area contributed by atoms with Crippen LogP contribution in [0.5, 0.6) is 0 Å². The van der Waals surface area contributed by atoms with E-state index in [2.05, 4.69) is 18.8 Å². The van der Waals surface area contributed by atoms with Gasteiger partial charge in [-0.1, -0.05) is 29.3 Å². The highest BCUT2D eigenvalue weighted by molar-refractivity contribution is 6.36. The maximum Gasteiger partial charge on any atom is 0.0652 e. The van der Waals surface area contributed by atoms with E-state index in [-0.39, 0.29) is 0 Å². The number of nitrogens with one attached hydrogen (secondary N) is 1. The monoisotopic (exact) mass is 243 g/mol. The van der Waals surface area contributed by atoms with Crippen molar-refractivity contribution < 1.29 is 0 Å². The third-order valence-electron chi connectivity index (χ3n) is 2.14. The second-order valence-electron chi connectivity index (χ2n) is 3.54. The van der Waals surface area contributed by atoms with Gasteiger partial charge in [0, 0.05) is 11.1 Å². The van der Waals surface area contributed by atoms with E-state index in [1.807, 2.05) is 18.2 Å². The largest absolute Gasteiger partial charge is 0.381 e. The molecule has 1 nitrogen and oxygen atoms in total. The molecular weight excluding hydrogens is 229 g/mol. The standard InChI is InChI=1S/C12H15Cl2N/c1-3-4-5-9(2)15-12-7-6-10(13)8-11(12)14/h3,6-9,15H,1,4-5H2,2H3. The smallest absolute Gasteiger partial charge is 0.0652 e. The molecule has 1 rings (SSSR count). The van der Waals surface area contributed by atoms with Crippen LogP contribution in [0.2, 0.25) is 10.0 Å². The maximum atomic E-state index is 6.04. The van der Waals surface area contributed by atoms with Gasteiger partial charge in [-0.25, -0.2) is 0 Å². The van der Waals surface area contributed by atoms with Gasteiger partial charge < -0.3 is 5.32 Å². The Kier molecular flexibility index (Phi) is 5.00. The zero-order chi connectivity index (χ0) is 11.3. The lowest BCUT2D eigenvalue weighted by Crippen LogP contribution is -2.14. The van der Waals surface area contributed by atoms with Crippen molar-refractivity contribution in [1.29, 1.82) is 0 Å². The number of hydrogen-bond donors (Lipinski definition) is 1. The summed E-state index contributed by atoms with van der Waals surface area (Å²) < 4.78 is 0. The molecule has 0 radical (unpaired) electrons. The summed E-state index contributed by atoms with van der Waals surface area (Å²) in [5.74, 6) is 0. The van der Waals surface area contributed by atoms with Gasteiger partial charge in [-0.05, 0) is 38.0 Å². The topological polar surface area (TPSA) is 12.0 Å². The molecule has 0 bridgehead atoms. The van der Waals surface area contributed by atoms with Crippen molar-refractivity contribution in [2.75, 3.05) is 5.32 Å². The van der Waals surface area contributed by atoms with Crippen LogP contribution >= 0.6 is 23.2 Å². The van der Waals surface area contributed by atoms with Gasteiger partial charge in [-0.2, -0.15) is 0 Å². The maximum absolute atomic E-state index is 6.04. The van der Waals surface area contributed by atoms with Crippen LogP contribution in [-0.4, -0.2) is 6.04 Å². The van der Waals surface area contributed by atoms with Crippen LogP contribution in [-0.2, 0) is 0 Å². The van der Waals surface area contributed by atoms with E-state index in [0.29, 0.717) is 16.1 Å². The van der Waals surface area contributed by atoms with Gasteiger partial charge in [0.2, 0.25) is 0 Å². The van der Waals surface area contributed by atoms with E-state index < -0.39 is 0 Å². The molecule has 0 saturated heterocycles. The van der Waals surface area contributed by atoms with E-state index in [4.69, 9.17) is 23.2 Å². The quantitative estimate of drug-likeness (QED) is 0.736. The van der Waals surface area contributed by atoms with E-state index in [0.717, 1.165) is 18.5 Å². The minimum atomic E-state index is 0.377. The molecule has 0 spiro atoms. The highest BCUT2D eigenvalue weighted by Gasteiger charge is 2.04. The Balaban J connectivity index is 2.59. The van der Waals surface area contributed by atoms with Crippen LogP contribution in [0.3, 0.4) is 0 Å². The van der Waals surface area contributed by atoms with Crippen molar-refractivity contribution in [2.24, 2.45) is 0 Å². The lowest BCUT2D eigenvalue weighted by Gasteiger charge is -2.15. The summed E-state index contributed by atoms with van der Waals surface area (Å²) in [4.78, 5) is 0. The average molecular weight is 244 g/mol.